The number of hydrogen-bond acceptors (Lipinski definition) is 2. The first-order chi connectivity index (χ1) is 30.7. The van der Waals surface area contributed by atoms with Crippen LogP contribution in [-0.2, 0) is 0 Å². The summed E-state index contributed by atoms with van der Waals surface area (Å²) in [6.07, 6.45) is 8.82. The fourth-order valence-electron chi connectivity index (χ4n) is 9.43. The number of hydrogen-bond donors (Lipinski definition) is 0. The molecule has 4 nitrogen and oxygen atoms in total. The zero-order valence-electron chi connectivity index (χ0n) is 34.0. The van der Waals surface area contributed by atoms with Gasteiger partial charge in [0.1, 0.15) is 0 Å². The summed E-state index contributed by atoms with van der Waals surface area (Å²) in [6, 6.07) is 71.8. The van der Waals surface area contributed by atoms with Crippen LogP contribution in [0.15, 0.2) is 218 Å². The molecule has 0 saturated heterocycles. The van der Waals surface area contributed by atoms with Gasteiger partial charge in [0.15, 0.2) is 5.82 Å². The molecule has 0 radical (unpaired) electrons. The number of para-hydroxylation sites is 3. The molecule has 1 aliphatic rings. The first kappa shape index (κ1) is 35.8. The van der Waals surface area contributed by atoms with Crippen LogP contribution in [0.2, 0.25) is 0 Å². The van der Waals surface area contributed by atoms with E-state index in [9.17, 15) is 0 Å². The molecule has 0 N–H and O–H groups in total. The molecule has 0 atom stereocenters. The van der Waals surface area contributed by atoms with Crippen molar-refractivity contribution in [3.05, 3.63) is 224 Å². The zero-order valence-corrected chi connectivity index (χ0v) is 34.0. The van der Waals surface area contributed by atoms with E-state index in [2.05, 4.69) is 221 Å². The Labute approximate surface area is 360 Å². The van der Waals surface area contributed by atoms with Crippen LogP contribution in [0, 0.1) is 0 Å². The van der Waals surface area contributed by atoms with E-state index in [1.807, 2.05) is 6.07 Å². The largest absolute Gasteiger partial charge is 0.309 e. The van der Waals surface area contributed by atoms with Gasteiger partial charge in [-0.2, -0.15) is 0 Å². The SMILES string of the molecule is C1=CCCC(c2ccc(-c3ccc(-c4nc(-c5ccccc5)cc(-c5ccc(-n6c7ccccc7c7ccc8c(c9ccccc9n8-c8ccccc8)c76)cc5)n4)cc3)cc2)=C1. The summed E-state index contributed by atoms with van der Waals surface area (Å²) in [4.78, 5) is 10.4. The average Bonchev–Trinajstić information content (AvgIpc) is 3.88. The molecule has 8 aromatic carbocycles. The van der Waals surface area contributed by atoms with Gasteiger partial charge < -0.3 is 9.13 Å². The topological polar surface area (TPSA) is 35.6 Å². The molecule has 11 aromatic rings. The van der Waals surface area contributed by atoms with E-state index in [1.54, 1.807) is 0 Å². The minimum absolute atomic E-state index is 0.698. The lowest BCUT2D eigenvalue weighted by atomic mass is 9.95. The van der Waals surface area contributed by atoms with Crippen molar-refractivity contribution in [3.63, 3.8) is 0 Å². The molecular weight excluding hydrogens is 753 g/mol. The lowest BCUT2D eigenvalue weighted by Gasteiger charge is -2.12. The Morgan fingerprint density at radius 3 is 1.61 bits per heavy atom. The number of fused-ring (bicyclic) bond motifs is 7. The van der Waals surface area contributed by atoms with Crippen LogP contribution in [0.1, 0.15) is 18.4 Å². The second-order valence-electron chi connectivity index (χ2n) is 16.1. The Hall–Kier alpha value is -8.08. The minimum Gasteiger partial charge on any atom is -0.309 e. The number of allylic oxidation sites excluding steroid dienone is 4. The molecule has 292 valence electrons. The Morgan fingerprint density at radius 2 is 0.935 bits per heavy atom. The monoisotopic (exact) mass is 792 g/mol. The molecule has 3 aromatic heterocycles. The molecular formula is C58H40N4. The van der Waals surface area contributed by atoms with Gasteiger partial charge in [-0.15, -0.1) is 0 Å². The van der Waals surface area contributed by atoms with Crippen LogP contribution in [0.25, 0.3) is 106 Å². The summed E-state index contributed by atoms with van der Waals surface area (Å²) in [6.45, 7) is 0. The van der Waals surface area contributed by atoms with Crippen molar-refractivity contribution < 1.29 is 0 Å². The molecule has 4 heteroatoms. The maximum Gasteiger partial charge on any atom is 0.160 e. The van der Waals surface area contributed by atoms with Crippen molar-refractivity contribution >= 4 is 49.2 Å². The third kappa shape index (κ3) is 6.07. The molecule has 3 heterocycles. The summed E-state index contributed by atoms with van der Waals surface area (Å²) in [7, 11) is 0. The zero-order chi connectivity index (χ0) is 41.0. The van der Waals surface area contributed by atoms with Gasteiger partial charge in [-0.05, 0) is 83.6 Å². The van der Waals surface area contributed by atoms with E-state index in [1.165, 1.54) is 65.9 Å². The molecule has 0 aliphatic heterocycles. The van der Waals surface area contributed by atoms with Crippen LogP contribution >= 0.6 is 0 Å². The quantitative estimate of drug-likeness (QED) is 0.161. The van der Waals surface area contributed by atoms with Gasteiger partial charge in [0.2, 0.25) is 0 Å². The van der Waals surface area contributed by atoms with Gasteiger partial charge in [0.05, 0.1) is 33.5 Å². The predicted octanol–water partition coefficient (Wildman–Crippen LogP) is 15.1. The summed E-state index contributed by atoms with van der Waals surface area (Å²) >= 11 is 0. The Balaban J connectivity index is 0.961. The average molecular weight is 793 g/mol. The fourth-order valence-corrected chi connectivity index (χ4v) is 9.43. The molecule has 0 saturated carbocycles. The summed E-state index contributed by atoms with van der Waals surface area (Å²) in [5, 5.41) is 4.94. The maximum atomic E-state index is 5.23. The molecule has 62 heavy (non-hydrogen) atoms. The molecule has 0 unspecified atom stereocenters. The number of benzene rings is 8. The van der Waals surface area contributed by atoms with Crippen LogP contribution in [0.3, 0.4) is 0 Å². The molecule has 0 amide bonds. The van der Waals surface area contributed by atoms with Gasteiger partial charge >= 0.3 is 0 Å². The highest BCUT2D eigenvalue weighted by Gasteiger charge is 2.21. The highest BCUT2D eigenvalue weighted by atomic mass is 15.0. The first-order valence-electron chi connectivity index (χ1n) is 21.4. The molecule has 0 bridgehead atoms. The van der Waals surface area contributed by atoms with Gasteiger partial charge in [0, 0.05) is 49.6 Å². The van der Waals surface area contributed by atoms with Gasteiger partial charge in [0.25, 0.3) is 0 Å². The van der Waals surface area contributed by atoms with E-state index in [4.69, 9.17) is 9.97 Å². The third-order valence-corrected chi connectivity index (χ3v) is 12.4. The molecule has 0 spiro atoms. The van der Waals surface area contributed by atoms with Crippen molar-refractivity contribution in [2.75, 3.05) is 0 Å². The van der Waals surface area contributed by atoms with Crippen LogP contribution in [0.4, 0.5) is 0 Å². The fraction of sp³-hybridized carbons (Fsp3) is 0.0345. The maximum absolute atomic E-state index is 5.23. The standard InChI is InChI=1S/C58H40N4/c1-4-14-39(15-5-1)40-24-26-41(27-25-40)42-28-30-45(31-29-42)58-59-51(43-16-6-2-7-17-43)38-52(60-58)44-32-34-47(35-33-44)62-53-22-12-10-20-48(53)49-36-37-55-56(57(49)62)50-21-11-13-23-54(50)61(55)46-18-8-3-9-19-46/h1-4,6-14,16-38H,5,15H2. The van der Waals surface area contributed by atoms with Crippen LogP contribution in [-0.4, -0.2) is 19.1 Å². The second-order valence-corrected chi connectivity index (χ2v) is 16.1. The van der Waals surface area contributed by atoms with Crippen molar-refractivity contribution in [2.45, 2.75) is 12.8 Å². The van der Waals surface area contributed by atoms with E-state index in [-0.39, 0.29) is 0 Å². The van der Waals surface area contributed by atoms with Crippen molar-refractivity contribution in [2.24, 2.45) is 0 Å². The summed E-state index contributed by atoms with van der Waals surface area (Å²) in [5.74, 6) is 0.698. The van der Waals surface area contributed by atoms with Gasteiger partial charge in [-0.3, -0.25) is 0 Å². The van der Waals surface area contributed by atoms with Gasteiger partial charge in [-0.25, -0.2) is 9.97 Å². The number of nitrogens with zero attached hydrogens (tertiary/aromatic N) is 4. The second kappa shape index (κ2) is 14.9. The third-order valence-electron chi connectivity index (χ3n) is 12.4. The Kier molecular flexibility index (Phi) is 8.60. The van der Waals surface area contributed by atoms with Crippen molar-refractivity contribution in [3.8, 4) is 56.4 Å². The molecule has 12 rings (SSSR count). The Morgan fingerprint density at radius 1 is 0.387 bits per heavy atom. The minimum atomic E-state index is 0.698. The van der Waals surface area contributed by atoms with E-state index in [0.717, 1.165) is 52.3 Å². The van der Waals surface area contributed by atoms with Crippen LogP contribution in [0.5, 0.6) is 0 Å². The van der Waals surface area contributed by atoms with Crippen molar-refractivity contribution in [1.82, 2.24) is 19.1 Å². The molecule has 0 fully saturated rings. The molecule has 1 aliphatic carbocycles. The predicted molar refractivity (Wildman–Crippen MR) is 259 cm³/mol. The highest BCUT2D eigenvalue weighted by Crippen LogP contribution is 2.42. The summed E-state index contributed by atoms with van der Waals surface area (Å²) in [5.41, 5.74) is 16.9. The van der Waals surface area contributed by atoms with Gasteiger partial charge in [-0.1, -0.05) is 170 Å². The van der Waals surface area contributed by atoms with E-state index >= 15 is 0 Å². The lowest BCUT2D eigenvalue weighted by Crippen LogP contribution is -1.97. The van der Waals surface area contributed by atoms with E-state index < -0.39 is 0 Å². The van der Waals surface area contributed by atoms with Crippen molar-refractivity contribution in [1.29, 1.82) is 0 Å². The number of rotatable bonds is 7. The van der Waals surface area contributed by atoms with Crippen LogP contribution < -0.4 is 0 Å². The van der Waals surface area contributed by atoms with E-state index in [0.29, 0.717) is 5.82 Å². The first-order valence-corrected chi connectivity index (χ1v) is 21.4. The number of aromatic nitrogens is 4. The summed E-state index contributed by atoms with van der Waals surface area (Å²) < 4.78 is 4.84. The normalized spacial score (nSPS) is 12.7. The smallest absolute Gasteiger partial charge is 0.160 e. The highest BCUT2D eigenvalue weighted by molar-refractivity contribution is 6.26. The Bertz CT molecular complexity index is 3520. The lowest BCUT2D eigenvalue weighted by molar-refractivity contribution is 1.05.